The molecule has 1 atom stereocenters. The number of methoxy groups -OCH3 is 1. The number of fused-ring (bicyclic) bond motifs is 1. The van der Waals surface area contributed by atoms with E-state index in [-0.39, 0.29) is 6.61 Å². The molecule has 0 spiro atoms. The van der Waals surface area contributed by atoms with Gasteiger partial charge in [-0.1, -0.05) is 18.2 Å². The summed E-state index contributed by atoms with van der Waals surface area (Å²) in [5, 5.41) is 0. The minimum atomic E-state index is -3.40. The lowest BCUT2D eigenvalue weighted by Crippen LogP contribution is -2.38. The lowest BCUT2D eigenvalue weighted by Gasteiger charge is -2.37. The van der Waals surface area contributed by atoms with Crippen molar-refractivity contribution in [2.45, 2.75) is 38.8 Å². The summed E-state index contributed by atoms with van der Waals surface area (Å²) >= 11 is 0. The van der Waals surface area contributed by atoms with Crippen LogP contribution in [0.3, 0.4) is 0 Å². The molecule has 1 aliphatic heterocycles. The van der Waals surface area contributed by atoms with Crippen LogP contribution in [-0.2, 0) is 20.8 Å². The molecule has 1 unspecified atom stereocenters. The molecule has 0 saturated carbocycles. The highest BCUT2D eigenvalue weighted by atomic mass is 32.2. The van der Waals surface area contributed by atoms with E-state index in [2.05, 4.69) is 43.0 Å². The van der Waals surface area contributed by atoms with Gasteiger partial charge in [-0.15, -0.1) is 0 Å². The lowest BCUT2D eigenvalue weighted by molar-refractivity contribution is 0.191. The van der Waals surface area contributed by atoms with Gasteiger partial charge >= 0.3 is 0 Å². The van der Waals surface area contributed by atoms with Crippen molar-refractivity contribution in [3.05, 3.63) is 59.2 Å². The molecule has 0 fully saturated rings. The average Bonchev–Trinajstić information content (AvgIpc) is 2.71. The highest BCUT2D eigenvalue weighted by Crippen LogP contribution is 2.36. The second-order valence-corrected chi connectivity index (χ2v) is 9.58. The number of benzene rings is 2. The maximum absolute atomic E-state index is 11.0. The molecule has 0 radical (unpaired) electrons. The molecule has 2 aromatic carbocycles. The monoisotopic (exact) mass is 433 g/mol. The van der Waals surface area contributed by atoms with Gasteiger partial charge in [0.25, 0.3) is 10.1 Å². The van der Waals surface area contributed by atoms with E-state index in [9.17, 15) is 8.42 Å². The molecule has 1 aliphatic rings. The minimum Gasteiger partial charge on any atom is -0.497 e. The van der Waals surface area contributed by atoms with Gasteiger partial charge in [0.05, 0.1) is 26.6 Å². The van der Waals surface area contributed by atoms with Crippen LogP contribution in [0.15, 0.2) is 42.5 Å². The third-order valence-electron chi connectivity index (χ3n) is 5.38. The maximum Gasteiger partial charge on any atom is 0.264 e. The van der Waals surface area contributed by atoms with Crippen molar-refractivity contribution in [2.24, 2.45) is 0 Å². The van der Waals surface area contributed by atoms with E-state index < -0.39 is 10.1 Å². The molecular weight excluding hydrogens is 402 g/mol. The second-order valence-electron chi connectivity index (χ2n) is 7.94. The summed E-state index contributed by atoms with van der Waals surface area (Å²) in [7, 11) is -1.72. The van der Waals surface area contributed by atoms with Gasteiger partial charge in [0, 0.05) is 31.5 Å². The van der Waals surface area contributed by atoms with Crippen molar-refractivity contribution in [3.8, 4) is 11.5 Å². The maximum atomic E-state index is 11.0. The number of ether oxygens (including phenoxy) is 2. The zero-order chi connectivity index (χ0) is 21.7. The van der Waals surface area contributed by atoms with E-state index >= 15 is 0 Å². The van der Waals surface area contributed by atoms with E-state index in [1.807, 2.05) is 18.2 Å². The van der Waals surface area contributed by atoms with Gasteiger partial charge in [-0.25, -0.2) is 0 Å². The van der Waals surface area contributed by atoms with Crippen LogP contribution in [0.2, 0.25) is 0 Å². The Bertz CT molecular complexity index is 941. The van der Waals surface area contributed by atoms with E-state index in [1.165, 1.54) is 16.7 Å². The van der Waals surface area contributed by atoms with Crippen LogP contribution in [0.25, 0.3) is 0 Å². The molecule has 3 rings (SSSR count). The minimum absolute atomic E-state index is 0.129. The fourth-order valence-electron chi connectivity index (χ4n) is 3.74. The van der Waals surface area contributed by atoms with Gasteiger partial charge in [-0.05, 0) is 54.8 Å². The molecule has 2 aromatic rings. The van der Waals surface area contributed by atoms with Crippen molar-refractivity contribution in [1.29, 1.82) is 0 Å². The predicted molar refractivity (Wildman–Crippen MR) is 118 cm³/mol. The summed E-state index contributed by atoms with van der Waals surface area (Å²) < 4.78 is 37.9. The Morgan fingerprint density at radius 1 is 1.07 bits per heavy atom. The van der Waals surface area contributed by atoms with Gasteiger partial charge in [-0.2, -0.15) is 8.42 Å². The summed E-state index contributed by atoms with van der Waals surface area (Å²) in [6.45, 7) is 6.83. The summed E-state index contributed by atoms with van der Waals surface area (Å²) in [4.78, 5) is 2.47. The Kier molecular flexibility index (Phi) is 7.39. The summed E-state index contributed by atoms with van der Waals surface area (Å²) in [6.07, 6.45) is 1.56. The Labute approximate surface area is 179 Å². The first-order valence-corrected chi connectivity index (χ1v) is 12.1. The van der Waals surface area contributed by atoms with Gasteiger partial charge in [0.15, 0.2) is 0 Å². The Hall–Kier alpha value is -2.09. The molecule has 30 heavy (non-hydrogen) atoms. The van der Waals surface area contributed by atoms with Gasteiger partial charge in [-0.3, -0.25) is 9.08 Å². The average molecular weight is 434 g/mol. The molecule has 0 N–H and O–H groups in total. The first-order chi connectivity index (χ1) is 14.3. The predicted octanol–water partition coefficient (Wildman–Crippen LogP) is 3.80. The number of hydrogen-bond donors (Lipinski definition) is 0. The molecule has 0 saturated heterocycles. The van der Waals surface area contributed by atoms with E-state index in [0.717, 1.165) is 30.8 Å². The smallest absolute Gasteiger partial charge is 0.264 e. The van der Waals surface area contributed by atoms with Crippen LogP contribution in [0.5, 0.6) is 11.5 Å². The van der Waals surface area contributed by atoms with Crippen molar-refractivity contribution in [2.75, 3.05) is 33.1 Å². The topological polar surface area (TPSA) is 65.1 Å². The molecule has 0 amide bonds. The zero-order valence-electron chi connectivity index (χ0n) is 18.1. The van der Waals surface area contributed by atoms with Crippen molar-refractivity contribution in [1.82, 2.24) is 4.90 Å². The quantitative estimate of drug-likeness (QED) is 0.443. The molecule has 1 heterocycles. The van der Waals surface area contributed by atoms with Crippen molar-refractivity contribution < 1.29 is 22.1 Å². The van der Waals surface area contributed by atoms with Gasteiger partial charge in [0.1, 0.15) is 11.5 Å². The molecule has 0 aromatic heterocycles. The first-order valence-electron chi connectivity index (χ1n) is 10.2. The molecule has 164 valence electrons. The van der Waals surface area contributed by atoms with Crippen LogP contribution in [0.4, 0.5) is 0 Å². The van der Waals surface area contributed by atoms with Crippen LogP contribution in [0, 0.1) is 0 Å². The van der Waals surface area contributed by atoms with E-state index in [1.54, 1.807) is 7.11 Å². The Morgan fingerprint density at radius 2 is 1.77 bits per heavy atom. The standard InChI is InChI=1S/C23H31NO5S/c1-17(2)24-15-19-14-21(28-12-5-13-29-30(4,25)26)10-11-22(19)23(16-24)18-6-8-20(27-3)9-7-18/h6-11,14,17,23H,5,12-13,15-16H2,1-4H3. The molecule has 0 aliphatic carbocycles. The molecule has 6 nitrogen and oxygen atoms in total. The largest absolute Gasteiger partial charge is 0.497 e. The lowest BCUT2D eigenvalue weighted by atomic mass is 9.84. The number of nitrogens with zero attached hydrogens (tertiary/aromatic N) is 1. The van der Waals surface area contributed by atoms with E-state index in [4.69, 9.17) is 13.7 Å². The fraction of sp³-hybridized carbons (Fsp3) is 0.478. The molecule has 7 heteroatoms. The van der Waals surface area contributed by atoms with Crippen LogP contribution < -0.4 is 9.47 Å². The Morgan fingerprint density at radius 3 is 2.40 bits per heavy atom. The SMILES string of the molecule is COc1ccc(C2CN(C(C)C)Cc3cc(OCCCOS(C)(=O)=O)ccc32)cc1. The number of hydrogen-bond acceptors (Lipinski definition) is 6. The second kappa shape index (κ2) is 9.81. The zero-order valence-corrected chi connectivity index (χ0v) is 18.9. The van der Waals surface area contributed by atoms with Crippen molar-refractivity contribution in [3.63, 3.8) is 0 Å². The summed E-state index contributed by atoms with van der Waals surface area (Å²) in [5.74, 6) is 1.95. The third kappa shape index (κ3) is 5.97. The highest BCUT2D eigenvalue weighted by molar-refractivity contribution is 7.85. The van der Waals surface area contributed by atoms with Crippen LogP contribution >= 0.6 is 0 Å². The summed E-state index contributed by atoms with van der Waals surface area (Å²) in [6, 6.07) is 15.0. The number of rotatable bonds is 9. The van der Waals surface area contributed by atoms with Crippen LogP contribution in [-0.4, -0.2) is 52.5 Å². The summed E-state index contributed by atoms with van der Waals surface area (Å²) in [5.41, 5.74) is 3.86. The molecular formula is C23H31NO5S. The highest BCUT2D eigenvalue weighted by Gasteiger charge is 2.28. The fourth-order valence-corrected chi connectivity index (χ4v) is 4.16. The Balaban J connectivity index is 1.74. The third-order valence-corrected chi connectivity index (χ3v) is 5.98. The van der Waals surface area contributed by atoms with Gasteiger partial charge < -0.3 is 9.47 Å². The first kappa shape index (κ1) is 22.6. The van der Waals surface area contributed by atoms with E-state index in [0.29, 0.717) is 25.0 Å². The van der Waals surface area contributed by atoms with Gasteiger partial charge in [0.2, 0.25) is 0 Å². The van der Waals surface area contributed by atoms with Crippen LogP contribution in [0.1, 0.15) is 42.9 Å². The normalized spacial score (nSPS) is 17.0. The van der Waals surface area contributed by atoms with Crippen molar-refractivity contribution >= 4 is 10.1 Å². The molecule has 0 bridgehead atoms.